The average molecular weight is 235 g/mol. The summed E-state index contributed by atoms with van der Waals surface area (Å²) in [6.07, 6.45) is 1.69. The lowest BCUT2D eigenvalue weighted by Gasteiger charge is -2.21. The Kier molecular flexibility index (Phi) is 4.23. The number of aromatic nitrogens is 2. The van der Waals surface area contributed by atoms with Crippen LogP contribution in [0.2, 0.25) is 0 Å². The molecule has 1 N–H and O–H groups in total. The van der Waals surface area contributed by atoms with E-state index in [1.54, 1.807) is 12.3 Å². The van der Waals surface area contributed by atoms with E-state index < -0.39 is 0 Å². The van der Waals surface area contributed by atoms with E-state index in [4.69, 9.17) is 0 Å². The highest BCUT2D eigenvalue weighted by Crippen LogP contribution is 2.00. The molecule has 1 rings (SSSR count). The van der Waals surface area contributed by atoms with Crippen LogP contribution in [0.25, 0.3) is 0 Å². The zero-order chi connectivity index (χ0) is 13.1. The van der Waals surface area contributed by atoms with Gasteiger partial charge in [-0.15, -0.1) is 0 Å². The molecular formula is C13H21N3O. The van der Waals surface area contributed by atoms with Crippen molar-refractivity contribution in [1.82, 2.24) is 15.1 Å². The van der Waals surface area contributed by atoms with Gasteiger partial charge in [0.1, 0.15) is 0 Å². The Morgan fingerprint density at radius 2 is 2.18 bits per heavy atom. The van der Waals surface area contributed by atoms with E-state index in [1.165, 1.54) is 4.68 Å². The highest BCUT2D eigenvalue weighted by atomic mass is 16.1. The predicted molar refractivity (Wildman–Crippen MR) is 70.1 cm³/mol. The number of nitrogens with zero attached hydrogens (tertiary/aromatic N) is 2. The third-order valence-corrected chi connectivity index (χ3v) is 2.25. The Bertz CT molecular complexity index is 454. The van der Waals surface area contributed by atoms with Crippen LogP contribution in [0.5, 0.6) is 0 Å². The minimum Gasteiger partial charge on any atom is -0.308 e. The van der Waals surface area contributed by atoms with E-state index in [0.717, 1.165) is 11.1 Å². The van der Waals surface area contributed by atoms with Gasteiger partial charge in [0.15, 0.2) is 0 Å². The van der Waals surface area contributed by atoms with Crippen molar-refractivity contribution in [3.8, 4) is 0 Å². The van der Waals surface area contributed by atoms with Gasteiger partial charge in [-0.3, -0.25) is 4.79 Å². The number of rotatable bonds is 4. The van der Waals surface area contributed by atoms with E-state index in [-0.39, 0.29) is 11.1 Å². The monoisotopic (exact) mass is 235 g/mol. The summed E-state index contributed by atoms with van der Waals surface area (Å²) in [5, 5.41) is 7.41. The fourth-order valence-corrected chi connectivity index (χ4v) is 1.30. The van der Waals surface area contributed by atoms with Crippen LogP contribution < -0.4 is 10.9 Å². The highest BCUT2D eigenvalue weighted by molar-refractivity contribution is 5.04. The van der Waals surface area contributed by atoms with Crippen LogP contribution in [0.15, 0.2) is 29.2 Å². The molecule has 0 bridgehead atoms. The van der Waals surface area contributed by atoms with Crippen molar-refractivity contribution in [2.75, 3.05) is 6.54 Å². The van der Waals surface area contributed by atoms with Crippen molar-refractivity contribution in [3.63, 3.8) is 0 Å². The van der Waals surface area contributed by atoms with Crippen molar-refractivity contribution in [2.24, 2.45) is 0 Å². The smallest absolute Gasteiger partial charge is 0.267 e. The minimum atomic E-state index is -0.0816. The second-order valence-electron chi connectivity index (χ2n) is 5.38. The molecule has 17 heavy (non-hydrogen) atoms. The van der Waals surface area contributed by atoms with E-state index in [9.17, 15) is 4.79 Å². The van der Waals surface area contributed by atoms with Gasteiger partial charge in [0.2, 0.25) is 0 Å². The molecule has 0 aromatic carbocycles. The standard InChI is InChI=1S/C13H21N3O/c1-10-6-12(17)16(15-8-10)9-11(2)7-14-13(3,4)5/h6,8,14H,2,7,9H2,1,3-5H3. The maximum Gasteiger partial charge on any atom is 0.267 e. The Labute approximate surface area is 102 Å². The van der Waals surface area contributed by atoms with Crippen molar-refractivity contribution in [3.05, 3.63) is 40.3 Å². The maximum absolute atomic E-state index is 11.6. The molecule has 0 aliphatic carbocycles. The first-order chi connectivity index (χ1) is 7.78. The van der Waals surface area contributed by atoms with Crippen molar-refractivity contribution >= 4 is 0 Å². The molecule has 0 spiro atoms. The van der Waals surface area contributed by atoms with Gasteiger partial charge in [0.05, 0.1) is 12.7 Å². The molecule has 0 amide bonds. The van der Waals surface area contributed by atoms with E-state index in [0.29, 0.717) is 13.1 Å². The molecule has 0 atom stereocenters. The van der Waals surface area contributed by atoms with Crippen LogP contribution in [0, 0.1) is 6.92 Å². The molecule has 1 heterocycles. The first-order valence-corrected chi connectivity index (χ1v) is 5.73. The summed E-state index contributed by atoms with van der Waals surface area (Å²) in [4.78, 5) is 11.6. The molecule has 0 unspecified atom stereocenters. The van der Waals surface area contributed by atoms with Crippen LogP contribution in [0.1, 0.15) is 26.3 Å². The molecule has 0 radical (unpaired) electrons. The summed E-state index contributed by atoms with van der Waals surface area (Å²) in [7, 11) is 0. The lowest BCUT2D eigenvalue weighted by molar-refractivity contribution is 0.437. The quantitative estimate of drug-likeness (QED) is 0.804. The summed E-state index contributed by atoms with van der Waals surface area (Å²) >= 11 is 0. The molecule has 0 saturated carbocycles. The SMILES string of the molecule is C=C(CNC(C)(C)C)Cn1ncc(C)cc1=O. The van der Waals surface area contributed by atoms with Crippen LogP contribution >= 0.6 is 0 Å². The average Bonchev–Trinajstić information content (AvgIpc) is 2.18. The van der Waals surface area contributed by atoms with Gasteiger partial charge < -0.3 is 5.32 Å². The van der Waals surface area contributed by atoms with Gasteiger partial charge in [0, 0.05) is 18.2 Å². The third kappa shape index (κ3) is 4.95. The van der Waals surface area contributed by atoms with Crippen LogP contribution in [0.3, 0.4) is 0 Å². The number of aryl methyl sites for hydroxylation is 1. The highest BCUT2D eigenvalue weighted by Gasteiger charge is 2.09. The summed E-state index contributed by atoms with van der Waals surface area (Å²) in [5.41, 5.74) is 1.79. The Balaban J connectivity index is 2.60. The first kappa shape index (κ1) is 13.6. The topological polar surface area (TPSA) is 46.9 Å². The largest absolute Gasteiger partial charge is 0.308 e. The second kappa shape index (κ2) is 5.27. The summed E-state index contributed by atoms with van der Waals surface area (Å²) < 4.78 is 1.43. The Morgan fingerprint density at radius 3 is 2.71 bits per heavy atom. The Morgan fingerprint density at radius 1 is 1.53 bits per heavy atom. The zero-order valence-electron chi connectivity index (χ0n) is 11.1. The molecule has 1 aromatic heterocycles. The van der Waals surface area contributed by atoms with Crippen LogP contribution in [-0.2, 0) is 6.54 Å². The third-order valence-electron chi connectivity index (χ3n) is 2.25. The fourth-order valence-electron chi connectivity index (χ4n) is 1.30. The van der Waals surface area contributed by atoms with E-state index in [2.05, 4.69) is 37.8 Å². The molecule has 0 aliphatic rings. The van der Waals surface area contributed by atoms with Crippen molar-refractivity contribution in [2.45, 2.75) is 39.8 Å². The lowest BCUT2D eigenvalue weighted by Crippen LogP contribution is -2.38. The summed E-state index contributed by atoms with van der Waals surface area (Å²) in [6.45, 7) is 13.2. The van der Waals surface area contributed by atoms with E-state index in [1.807, 2.05) is 6.92 Å². The molecule has 94 valence electrons. The van der Waals surface area contributed by atoms with Crippen LogP contribution in [-0.4, -0.2) is 21.9 Å². The van der Waals surface area contributed by atoms with Crippen LogP contribution in [0.4, 0.5) is 0 Å². The van der Waals surface area contributed by atoms with Crippen molar-refractivity contribution < 1.29 is 0 Å². The summed E-state index contributed by atoms with van der Waals surface area (Å²) in [6, 6.07) is 1.58. The Hall–Kier alpha value is -1.42. The summed E-state index contributed by atoms with van der Waals surface area (Å²) in [5.74, 6) is 0. The van der Waals surface area contributed by atoms with Gasteiger partial charge in [-0.2, -0.15) is 5.10 Å². The second-order valence-corrected chi connectivity index (χ2v) is 5.38. The molecular weight excluding hydrogens is 214 g/mol. The van der Waals surface area contributed by atoms with Gasteiger partial charge >= 0.3 is 0 Å². The zero-order valence-corrected chi connectivity index (χ0v) is 11.1. The molecule has 0 aliphatic heterocycles. The van der Waals surface area contributed by atoms with Gasteiger partial charge in [-0.25, -0.2) is 4.68 Å². The molecule has 0 saturated heterocycles. The maximum atomic E-state index is 11.6. The fraction of sp³-hybridized carbons (Fsp3) is 0.538. The molecule has 4 nitrogen and oxygen atoms in total. The number of hydrogen-bond donors (Lipinski definition) is 1. The van der Waals surface area contributed by atoms with Gasteiger partial charge in [-0.05, 0) is 38.8 Å². The van der Waals surface area contributed by atoms with Gasteiger partial charge in [-0.1, -0.05) is 6.58 Å². The molecule has 4 heteroatoms. The lowest BCUT2D eigenvalue weighted by atomic mass is 10.1. The minimum absolute atomic E-state index is 0.0502. The normalized spacial score (nSPS) is 11.5. The van der Waals surface area contributed by atoms with E-state index >= 15 is 0 Å². The predicted octanol–water partition coefficient (Wildman–Crippen LogP) is 1.50. The number of nitrogens with one attached hydrogen (secondary N) is 1. The van der Waals surface area contributed by atoms with Gasteiger partial charge in [0.25, 0.3) is 5.56 Å². The molecule has 1 aromatic rings. The molecule has 0 fully saturated rings. The van der Waals surface area contributed by atoms with Crippen molar-refractivity contribution in [1.29, 1.82) is 0 Å². The first-order valence-electron chi connectivity index (χ1n) is 5.73. The number of hydrogen-bond acceptors (Lipinski definition) is 3.